The summed E-state index contributed by atoms with van der Waals surface area (Å²) in [5.74, 6) is -0.593. The number of hydrogen-bond acceptors (Lipinski definition) is 5. The molecule has 2 N–H and O–H groups in total. The van der Waals surface area contributed by atoms with Crippen LogP contribution in [0.2, 0.25) is 0 Å². The van der Waals surface area contributed by atoms with Crippen molar-refractivity contribution in [2.75, 3.05) is 19.6 Å². The zero-order valence-corrected chi connectivity index (χ0v) is 18.2. The van der Waals surface area contributed by atoms with E-state index in [1.807, 2.05) is 12.1 Å². The van der Waals surface area contributed by atoms with Gasteiger partial charge in [0.25, 0.3) is 5.91 Å². The molecule has 3 rings (SSSR count). The standard InChI is InChI=1S/C22H28N4O4S/c27-21(25-17-18-8-11-23-12-9-18)10-13-24-22(28)19-6-5-7-20(16-19)31(29,30)26-14-3-1-2-4-15-26/h5-9,11-12,16H,1-4,10,13-15,17H2,(H,24,28)(H,25,27). The lowest BCUT2D eigenvalue weighted by molar-refractivity contribution is -0.121. The molecule has 0 unspecified atom stereocenters. The average Bonchev–Trinajstić information content (AvgIpc) is 3.09. The average molecular weight is 445 g/mol. The van der Waals surface area contributed by atoms with Crippen molar-refractivity contribution in [3.05, 3.63) is 59.9 Å². The van der Waals surface area contributed by atoms with Gasteiger partial charge in [-0.3, -0.25) is 14.6 Å². The third kappa shape index (κ3) is 6.60. The Morgan fingerprint density at radius 2 is 1.68 bits per heavy atom. The van der Waals surface area contributed by atoms with Crippen LogP contribution in [-0.2, 0) is 21.4 Å². The number of carbonyl (C=O) groups excluding carboxylic acids is 2. The number of nitrogens with one attached hydrogen (secondary N) is 2. The predicted octanol–water partition coefficient (Wildman–Crippen LogP) is 2.08. The molecule has 1 saturated heterocycles. The van der Waals surface area contributed by atoms with E-state index in [4.69, 9.17) is 0 Å². The van der Waals surface area contributed by atoms with Crippen molar-refractivity contribution < 1.29 is 18.0 Å². The van der Waals surface area contributed by atoms with Crippen LogP contribution in [0, 0.1) is 0 Å². The van der Waals surface area contributed by atoms with Crippen molar-refractivity contribution in [2.45, 2.75) is 43.5 Å². The van der Waals surface area contributed by atoms with Gasteiger partial charge in [0.05, 0.1) is 4.90 Å². The Hall–Kier alpha value is -2.78. The first-order valence-corrected chi connectivity index (χ1v) is 11.9. The highest BCUT2D eigenvalue weighted by atomic mass is 32.2. The maximum Gasteiger partial charge on any atom is 0.251 e. The van der Waals surface area contributed by atoms with Gasteiger partial charge in [-0.15, -0.1) is 0 Å². The van der Waals surface area contributed by atoms with Crippen LogP contribution in [0.1, 0.15) is 48.0 Å². The highest BCUT2D eigenvalue weighted by Crippen LogP contribution is 2.21. The second-order valence-electron chi connectivity index (χ2n) is 7.48. The normalized spacial score (nSPS) is 15.1. The van der Waals surface area contributed by atoms with Crippen LogP contribution in [-0.4, -0.2) is 49.2 Å². The monoisotopic (exact) mass is 444 g/mol. The highest BCUT2D eigenvalue weighted by molar-refractivity contribution is 7.89. The van der Waals surface area contributed by atoms with E-state index in [9.17, 15) is 18.0 Å². The minimum absolute atomic E-state index is 0.122. The molecule has 1 aromatic heterocycles. The molecule has 0 spiro atoms. The number of carbonyl (C=O) groups is 2. The fourth-order valence-corrected chi connectivity index (χ4v) is 4.97. The molecule has 166 valence electrons. The SMILES string of the molecule is O=C(CCNC(=O)c1cccc(S(=O)(=O)N2CCCCCC2)c1)NCc1ccncc1. The second-order valence-corrected chi connectivity index (χ2v) is 9.42. The van der Waals surface area contributed by atoms with Gasteiger partial charge in [-0.2, -0.15) is 4.31 Å². The number of rotatable bonds is 8. The Labute approximate surface area is 183 Å². The molecule has 2 aromatic rings. The van der Waals surface area contributed by atoms with Gasteiger partial charge in [-0.25, -0.2) is 8.42 Å². The summed E-state index contributed by atoms with van der Waals surface area (Å²) in [5, 5.41) is 5.46. The van der Waals surface area contributed by atoms with E-state index in [-0.39, 0.29) is 29.3 Å². The molecule has 0 atom stereocenters. The van der Waals surface area contributed by atoms with Crippen molar-refractivity contribution in [2.24, 2.45) is 0 Å². The number of sulfonamides is 1. The third-order valence-corrected chi connectivity index (χ3v) is 7.07. The van der Waals surface area contributed by atoms with Crippen LogP contribution in [0.5, 0.6) is 0 Å². The third-order valence-electron chi connectivity index (χ3n) is 5.18. The second kappa shape index (κ2) is 11.0. The number of aromatic nitrogens is 1. The van der Waals surface area contributed by atoms with E-state index in [1.54, 1.807) is 24.5 Å². The first-order chi connectivity index (χ1) is 15.0. The first-order valence-electron chi connectivity index (χ1n) is 10.5. The minimum Gasteiger partial charge on any atom is -0.352 e. The van der Waals surface area contributed by atoms with Crippen LogP contribution in [0.3, 0.4) is 0 Å². The van der Waals surface area contributed by atoms with Gasteiger partial charge in [-0.05, 0) is 48.7 Å². The molecule has 8 nitrogen and oxygen atoms in total. The smallest absolute Gasteiger partial charge is 0.251 e. The van der Waals surface area contributed by atoms with Gasteiger partial charge >= 0.3 is 0 Å². The minimum atomic E-state index is -3.62. The molecule has 31 heavy (non-hydrogen) atoms. The van der Waals surface area contributed by atoms with Gasteiger partial charge < -0.3 is 10.6 Å². The van der Waals surface area contributed by atoms with Gasteiger partial charge in [0, 0.05) is 50.6 Å². The largest absolute Gasteiger partial charge is 0.352 e. The summed E-state index contributed by atoms with van der Waals surface area (Å²) in [5.41, 5.74) is 1.20. The Balaban J connectivity index is 1.52. The summed E-state index contributed by atoms with van der Waals surface area (Å²) < 4.78 is 27.4. The fourth-order valence-electron chi connectivity index (χ4n) is 3.41. The summed E-state index contributed by atoms with van der Waals surface area (Å²) in [6, 6.07) is 9.69. The number of nitrogens with zero attached hydrogens (tertiary/aromatic N) is 2. The molecule has 0 radical (unpaired) electrons. The van der Waals surface area contributed by atoms with Crippen LogP contribution < -0.4 is 10.6 Å². The molecular formula is C22H28N4O4S. The maximum absolute atomic E-state index is 12.9. The maximum atomic E-state index is 12.9. The molecular weight excluding hydrogens is 416 g/mol. The van der Waals surface area contributed by atoms with Crippen LogP contribution in [0.15, 0.2) is 53.7 Å². The summed E-state index contributed by atoms with van der Waals surface area (Å²) in [4.78, 5) is 28.5. The summed E-state index contributed by atoms with van der Waals surface area (Å²) in [6.07, 6.45) is 7.20. The Kier molecular flexibility index (Phi) is 8.13. The molecule has 1 aliphatic rings. The van der Waals surface area contributed by atoms with E-state index in [0.717, 1.165) is 31.2 Å². The van der Waals surface area contributed by atoms with E-state index < -0.39 is 15.9 Å². The predicted molar refractivity (Wildman–Crippen MR) is 117 cm³/mol. The van der Waals surface area contributed by atoms with Gasteiger partial charge in [0.1, 0.15) is 0 Å². The molecule has 0 aliphatic carbocycles. The quantitative estimate of drug-likeness (QED) is 0.648. The summed E-state index contributed by atoms with van der Waals surface area (Å²) in [6.45, 7) is 1.57. The molecule has 2 heterocycles. The molecule has 2 amide bonds. The van der Waals surface area contributed by atoms with Crippen molar-refractivity contribution in [1.82, 2.24) is 19.9 Å². The molecule has 0 saturated carbocycles. The van der Waals surface area contributed by atoms with Crippen molar-refractivity contribution >= 4 is 21.8 Å². The molecule has 1 aliphatic heterocycles. The van der Waals surface area contributed by atoms with Crippen molar-refractivity contribution in [3.63, 3.8) is 0 Å². The Morgan fingerprint density at radius 1 is 0.968 bits per heavy atom. The number of amides is 2. The summed E-state index contributed by atoms with van der Waals surface area (Å²) >= 11 is 0. The molecule has 0 bridgehead atoms. The molecule has 9 heteroatoms. The van der Waals surface area contributed by atoms with Crippen LogP contribution >= 0.6 is 0 Å². The Bertz CT molecular complexity index is 988. The lowest BCUT2D eigenvalue weighted by atomic mass is 10.2. The van der Waals surface area contributed by atoms with Crippen LogP contribution in [0.4, 0.5) is 0 Å². The topological polar surface area (TPSA) is 108 Å². The molecule has 1 fully saturated rings. The number of hydrogen-bond donors (Lipinski definition) is 2. The van der Waals surface area contributed by atoms with Crippen molar-refractivity contribution in [3.8, 4) is 0 Å². The number of pyridine rings is 1. The zero-order chi connectivity index (χ0) is 22.1. The highest BCUT2D eigenvalue weighted by Gasteiger charge is 2.25. The summed E-state index contributed by atoms with van der Waals surface area (Å²) in [7, 11) is -3.62. The van der Waals surface area contributed by atoms with E-state index in [2.05, 4.69) is 15.6 Å². The van der Waals surface area contributed by atoms with Gasteiger partial charge in [-0.1, -0.05) is 18.9 Å². The zero-order valence-electron chi connectivity index (χ0n) is 17.4. The first kappa shape index (κ1) is 22.9. The molecule has 1 aromatic carbocycles. The van der Waals surface area contributed by atoms with E-state index >= 15 is 0 Å². The lowest BCUT2D eigenvalue weighted by Gasteiger charge is -2.20. The van der Waals surface area contributed by atoms with Crippen LogP contribution in [0.25, 0.3) is 0 Å². The number of benzene rings is 1. The van der Waals surface area contributed by atoms with Gasteiger partial charge in [0.2, 0.25) is 15.9 Å². The van der Waals surface area contributed by atoms with Crippen molar-refractivity contribution in [1.29, 1.82) is 0 Å². The van der Waals surface area contributed by atoms with Gasteiger partial charge in [0.15, 0.2) is 0 Å². The fraction of sp³-hybridized carbons (Fsp3) is 0.409. The van der Waals surface area contributed by atoms with E-state index in [1.165, 1.54) is 16.4 Å². The lowest BCUT2D eigenvalue weighted by Crippen LogP contribution is -2.32. The van der Waals surface area contributed by atoms with E-state index in [0.29, 0.717) is 19.6 Å². The Morgan fingerprint density at radius 3 is 2.39 bits per heavy atom.